The van der Waals surface area contributed by atoms with E-state index in [2.05, 4.69) is 10.6 Å². The number of rotatable bonds is 4. The van der Waals surface area contributed by atoms with Crippen LogP contribution in [-0.4, -0.2) is 18.5 Å². The molecule has 0 bridgehead atoms. The van der Waals surface area contributed by atoms with Gasteiger partial charge in [0.05, 0.1) is 5.56 Å². The van der Waals surface area contributed by atoms with Crippen molar-refractivity contribution < 1.29 is 18.0 Å². The van der Waals surface area contributed by atoms with Gasteiger partial charge in [0.25, 0.3) is 0 Å². The lowest BCUT2D eigenvalue weighted by Crippen LogP contribution is -2.29. The van der Waals surface area contributed by atoms with Crippen LogP contribution in [0.25, 0.3) is 0 Å². The Balaban J connectivity index is 2.51. The van der Waals surface area contributed by atoms with Gasteiger partial charge in [-0.1, -0.05) is 0 Å². The number of anilines is 1. The Morgan fingerprint density at radius 2 is 1.83 bits per heavy atom. The van der Waals surface area contributed by atoms with Crippen LogP contribution in [0.5, 0.6) is 0 Å². The minimum atomic E-state index is -4.37. The maximum atomic E-state index is 12.3. The summed E-state index contributed by atoms with van der Waals surface area (Å²) in [6.45, 7) is 0.413. The smallest absolute Gasteiger partial charge is 0.338 e. The van der Waals surface area contributed by atoms with Gasteiger partial charge in [-0.05, 0) is 30.7 Å². The standard InChI is InChI=1S/C11H12ClF3N2O/c12-6-1-7-16-10(18)17-9-4-2-8(3-5-9)11(13,14)15/h2-5H,1,6-7H2,(H2,16,17,18). The predicted octanol–water partition coefficient (Wildman–Crippen LogP) is 3.46. The van der Waals surface area contributed by atoms with Gasteiger partial charge in [-0.15, -0.1) is 11.6 Å². The first-order chi connectivity index (χ1) is 8.43. The SMILES string of the molecule is O=C(NCCCCl)Nc1ccc(C(F)(F)F)cc1. The lowest BCUT2D eigenvalue weighted by Gasteiger charge is -2.09. The van der Waals surface area contributed by atoms with Crippen LogP contribution in [0, 0.1) is 0 Å². The molecule has 1 aromatic carbocycles. The molecule has 0 aromatic heterocycles. The topological polar surface area (TPSA) is 41.1 Å². The summed E-state index contributed by atoms with van der Waals surface area (Å²) < 4.78 is 36.8. The third-order valence-electron chi connectivity index (χ3n) is 2.07. The highest BCUT2D eigenvalue weighted by atomic mass is 35.5. The lowest BCUT2D eigenvalue weighted by molar-refractivity contribution is -0.137. The Kier molecular flexibility index (Phi) is 5.27. The highest BCUT2D eigenvalue weighted by Gasteiger charge is 2.29. The van der Waals surface area contributed by atoms with Crippen molar-refractivity contribution >= 4 is 23.3 Å². The van der Waals surface area contributed by atoms with Crippen LogP contribution in [0.2, 0.25) is 0 Å². The van der Waals surface area contributed by atoms with Crippen molar-refractivity contribution in [2.45, 2.75) is 12.6 Å². The first-order valence-electron chi connectivity index (χ1n) is 5.21. The lowest BCUT2D eigenvalue weighted by atomic mass is 10.2. The molecule has 3 nitrogen and oxygen atoms in total. The first kappa shape index (κ1) is 14.6. The van der Waals surface area contributed by atoms with Crippen LogP contribution in [0.4, 0.5) is 23.7 Å². The van der Waals surface area contributed by atoms with Crippen molar-refractivity contribution in [1.82, 2.24) is 5.32 Å². The number of hydrogen-bond donors (Lipinski definition) is 2. The van der Waals surface area contributed by atoms with Crippen molar-refractivity contribution in [2.24, 2.45) is 0 Å². The van der Waals surface area contributed by atoms with E-state index in [0.29, 0.717) is 24.5 Å². The van der Waals surface area contributed by atoms with Crippen LogP contribution in [-0.2, 0) is 6.18 Å². The summed E-state index contributed by atoms with van der Waals surface area (Å²) in [7, 11) is 0. The molecule has 0 aliphatic carbocycles. The molecule has 0 fully saturated rings. The van der Waals surface area contributed by atoms with E-state index in [-0.39, 0.29) is 0 Å². The van der Waals surface area contributed by atoms with Crippen molar-refractivity contribution in [2.75, 3.05) is 17.7 Å². The number of nitrogens with one attached hydrogen (secondary N) is 2. The zero-order chi connectivity index (χ0) is 13.6. The molecule has 0 saturated heterocycles. The Morgan fingerprint density at radius 3 is 2.33 bits per heavy atom. The molecule has 0 aliphatic rings. The van der Waals surface area contributed by atoms with E-state index in [1.807, 2.05) is 0 Å². The van der Waals surface area contributed by atoms with Gasteiger partial charge in [0.2, 0.25) is 0 Å². The second-order valence-corrected chi connectivity index (χ2v) is 3.88. The summed E-state index contributed by atoms with van der Waals surface area (Å²) in [5.74, 6) is 0.431. The van der Waals surface area contributed by atoms with Crippen LogP contribution < -0.4 is 10.6 Å². The second-order valence-electron chi connectivity index (χ2n) is 3.50. The fourth-order valence-corrected chi connectivity index (χ4v) is 1.32. The number of carbonyl (C=O) groups is 1. The van der Waals surface area contributed by atoms with Crippen LogP contribution in [0.1, 0.15) is 12.0 Å². The summed E-state index contributed by atoms with van der Waals surface area (Å²) >= 11 is 5.43. The quantitative estimate of drug-likeness (QED) is 0.644. The minimum Gasteiger partial charge on any atom is -0.338 e. The van der Waals surface area contributed by atoms with Crippen LogP contribution >= 0.6 is 11.6 Å². The van der Waals surface area contributed by atoms with E-state index < -0.39 is 17.8 Å². The number of carbonyl (C=O) groups excluding carboxylic acids is 1. The van der Waals surface area contributed by atoms with Gasteiger partial charge in [-0.2, -0.15) is 13.2 Å². The van der Waals surface area contributed by atoms with Crippen LogP contribution in [0.15, 0.2) is 24.3 Å². The number of benzene rings is 1. The summed E-state index contributed by atoms with van der Waals surface area (Å²) in [6, 6.07) is 3.75. The van der Waals surface area contributed by atoms with E-state index in [0.717, 1.165) is 12.1 Å². The molecule has 18 heavy (non-hydrogen) atoms. The molecule has 0 radical (unpaired) electrons. The van der Waals surface area contributed by atoms with Gasteiger partial charge in [0.15, 0.2) is 0 Å². The first-order valence-corrected chi connectivity index (χ1v) is 5.75. The van der Waals surface area contributed by atoms with Crippen molar-refractivity contribution in [3.8, 4) is 0 Å². The number of alkyl halides is 4. The highest BCUT2D eigenvalue weighted by molar-refractivity contribution is 6.17. The van der Waals surface area contributed by atoms with Crippen LogP contribution in [0.3, 0.4) is 0 Å². The van der Waals surface area contributed by atoms with Gasteiger partial charge >= 0.3 is 12.2 Å². The Hall–Kier alpha value is -1.43. The summed E-state index contributed by atoms with van der Waals surface area (Å²) in [4.78, 5) is 11.3. The van der Waals surface area contributed by atoms with Crippen molar-refractivity contribution in [1.29, 1.82) is 0 Å². The van der Waals surface area contributed by atoms with E-state index in [4.69, 9.17) is 11.6 Å². The van der Waals surface area contributed by atoms with Gasteiger partial charge in [-0.25, -0.2) is 4.79 Å². The monoisotopic (exact) mass is 280 g/mol. The molecular formula is C11H12ClF3N2O. The number of hydrogen-bond acceptors (Lipinski definition) is 1. The molecule has 1 aromatic rings. The predicted molar refractivity (Wildman–Crippen MR) is 63.8 cm³/mol. The van der Waals surface area contributed by atoms with Gasteiger partial charge in [0, 0.05) is 18.1 Å². The molecule has 0 heterocycles. The van der Waals surface area contributed by atoms with Gasteiger partial charge in [-0.3, -0.25) is 0 Å². The molecule has 100 valence electrons. The number of amides is 2. The molecule has 0 spiro atoms. The molecule has 0 aliphatic heterocycles. The van der Waals surface area contributed by atoms with E-state index in [9.17, 15) is 18.0 Å². The van der Waals surface area contributed by atoms with Gasteiger partial charge < -0.3 is 10.6 Å². The third-order valence-corrected chi connectivity index (χ3v) is 2.33. The zero-order valence-corrected chi connectivity index (χ0v) is 10.1. The third kappa shape index (κ3) is 4.83. The molecule has 0 unspecified atom stereocenters. The van der Waals surface area contributed by atoms with E-state index in [1.54, 1.807) is 0 Å². The molecule has 1 rings (SSSR count). The Bertz CT molecular complexity index is 392. The second kappa shape index (κ2) is 6.49. The summed E-state index contributed by atoms with van der Waals surface area (Å²) in [6.07, 6.45) is -3.75. The van der Waals surface area contributed by atoms with Crippen molar-refractivity contribution in [3.63, 3.8) is 0 Å². The Morgan fingerprint density at radius 1 is 1.22 bits per heavy atom. The fraction of sp³-hybridized carbons (Fsp3) is 0.364. The largest absolute Gasteiger partial charge is 0.416 e. The van der Waals surface area contributed by atoms with Crippen molar-refractivity contribution in [3.05, 3.63) is 29.8 Å². The molecule has 0 atom stereocenters. The summed E-state index contributed by atoms with van der Waals surface area (Å²) in [5, 5.41) is 4.94. The maximum absolute atomic E-state index is 12.3. The molecule has 2 amide bonds. The number of halogens is 4. The fourth-order valence-electron chi connectivity index (χ4n) is 1.19. The average Bonchev–Trinajstić information content (AvgIpc) is 2.29. The molecule has 7 heteroatoms. The number of urea groups is 1. The minimum absolute atomic E-state index is 0.298. The Labute approximate surface area is 107 Å². The summed E-state index contributed by atoms with van der Waals surface area (Å²) in [5.41, 5.74) is -0.457. The zero-order valence-electron chi connectivity index (χ0n) is 9.35. The van der Waals surface area contributed by atoms with E-state index >= 15 is 0 Å². The highest BCUT2D eigenvalue weighted by Crippen LogP contribution is 2.29. The maximum Gasteiger partial charge on any atom is 0.416 e. The average molecular weight is 281 g/mol. The van der Waals surface area contributed by atoms with E-state index in [1.165, 1.54) is 12.1 Å². The van der Waals surface area contributed by atoms with Gasteiger partial charge in [0.1, 0.15) is 0 Å². The normalized spacial score (nSPS) is 11.1. The molecule has 2 N–H and O–H groups in total. The molecule has 0 saturated carbocycles. The molecular weight excluding hydrogens is 269 g/mol.